The fourth-order valence-electron chi connectivity index (χ4n) is 3.68. The molecule has 2 aromatic carbocycles. The number of aromatic nitrogens is 2. The molecule has 6 heteroatoms. The summed E-state index contributed by atoms with van der Waals surface area (Å²) < 4.78 is 11.4. The van der Waals surface area contributed by atoms with E-state index in [4.69, 9.17) is 9.26 Å². The lowest BCUT2D eigenvalue weighted by atomic mass is 9.89. The fourth-order valence-corrected chi connectivity index (χ4v) is 3.68. The maximum absolute atomic E-state index is 12.6. The van der Waals surface area contributed by atoms with Crippen LogP contribution >= 0.6 is 0 Å². The zero-order valence-corrected chi connectivity index (χ0v) is 16.9. The molecule has 29 heavy (non-hydrogen) atoms. The second-order valence-electron chi connectivity index (χ2n) is 8.11. The first-order chi connectivity index (χ1) is 13.9. The number of hydrogen-bond donors (Lipinski definition) is 1. The molecule has 1 amide bonds. The van der Waals surface area contributed by atoms with Crippen LogP contribution in [0.1, 0.15) is 49.7 Å². The van der Waals surface area contributed by atoms with E-state index in [1.165, 1.54) is 0 Å². The van der Waals surface area contributed by atoms with Crippen molar-refractivity contribution < 1.29 is 14.1 Å². The minimum atomic E-state index is -0.332. The molecule has 1 aromatic heterocycles. The van der Waals surface area contributed by atoms with Crippen LogP contribution in [0.4, 0.5) is 0 Å². The lowest BCUT2D eigenvalue weighted by Crippen LogP contribution is -2.41. The number of carbonyl (C=O) groups is 1. The summed E-state index contributed by atoms with van der Waals surface area (Å²) in [5.74, 6) is 1.79. The third kappa shape index (κ3) is 4.47. The first kappa shape index (κ1) is 19.2. The van der Waals surface area contributed by atoms with Crippen LogP contribution in [0.15, 0.2) is 53.1 Å². The smallest absolute Gasteiger partial charge is 0.227 e. The Morgan fingerprint density at radius 3 is 2.86 bits per heavy atom. The predicted octanol–water partition coefficient (Wildman–Crippen LogP) is 4.40. The van der Waals surface area contributed by atoms with E-state index in [1.54, 1.807) is 0 Å². The molecule has 3 aromatic rings. The van der Waals surface area contributed by atoms with Gasteiger partial charge in [0.05, 0.1) is 6.04 Å². The van der Waals surface area contributed by atoms with Crippen molar-refractivity contribution in [1.29, 1.82) is 0 Å². The van der Waals surface area contributed by atoms with Crippen LogP contribution in [0.5, 0.6) is 5.75 Å². The van der Waals surface area contributed by atoms with Crippen molar-refractivity contribution >= 4 is 5.91 Å². The molecule has 2 heterocycles. The molecule has 1 aliphatic rings. The van der Waals surface area contributed by atoms with E-state index in [2.05, 4.69) is 15.5 Å². The third-order valence-electron chi connectivity index (χ3n) is 5.02. The first-order valence-electron chi connectivity index (χ1n) is 9.86. The van der Waals surface area contributed by atoms with Crippen LogP contribution in [-0.2, 0) is 11.2 Å². The summed E-state index contributed by atoms with van der Waals surface area (Å²) in [7, 11) is 0. The number of benzene rings is 2. The lowest BCUT2D eigenvalue weighted by Gasteiger charge is -2.37. The number of nitrogens with one attached hydrogen (secondary N) is 1. The lowest BCUT2D eigenvalue weighted by molar-refractivity contribution is -0.122. The monoisotopic (exact) mass is 391 g/mol. The Bertz CT molecular complexity index is 1030. The van der Waals surface area contributed by atoms with Crippen molar-refractivity contribution in [2.75, 3.05) is 0 Å². The molecular weight excluding hydrogens is 366 g/mol. The summed E-state index contributed by atoms with van der Waals surface area (Å²) in [6.07, 6.45) is 1.40. The molecule has 1 N–H and O–H groups in total. The van der Waals surface area contributed by atoms with Gasteiger partial charge in [0, 0.05) is 30.4 Å². The van der Waals surface area contributed by atoms with Crippen molar-refractivity contribution in [3.8, 4) is 17.1 Å². The average molecular weight is 391 g/mol. The molecule has 4 rings (SSSR count). The maximum atomic E-state index is 12.6. The van der Waals surface area contributed by atoms with Crippen LogP contribution in [0, 0.1) is 6.92 Å². The van der Waals surface area contributed by atoms with Gasteiger partial charge in [-0.25, -0.2) is 0 Å². The summed E-state index contributed by atoms with van der Waals surface area (Å²) in [5, 5.41) is 7.17. The molecule has 1 aliphatic heterocycles. The van der Waals surface area contributed by atoms with Gasteiger partial charge in [-0.15, -0.1) is 0 Å². The van der Waals surface area contributed by atoms with Gasteiger partial charge in [-0.2, -0.15) is 4.98 Å². The quantitative estimate of drug-likeness (QED) is 0.698. The minimum Gasteiger partial charge on any atom is -0.487 e. The van der Waals surface area contributed by atoms with Crippen molar-refractivity contribution in [3.63, 3.8) is 0 Å². The Balaban J connectivity index is 1.39. The summed E-state index contributed by atoms with van der Waals surface area (Å²) >= 11 is 0. The second kappa shape index (κ2) is 7.70. The largest absolute Gasteiger partial charge is 0.487 e. The van der Waals surface area contributed by atoms with E-state index in [0.717, 1.165) is 22.4 Å². The first-order valence-corrected chi connectivity index (χ1v) is 9.86. The average Bonchev–Trinajstić information content (AvgIpc) is 3.15. The van der Waals surface area contributed by atoms with Crippen LogP contribution in [-0.4, -0.2) is 21.6 Å². The van der Waals surface area contributed by atoms with E-state index in [1.807, 2.05) is 69.3 Å². The van der Waals surface area contributed by atoms with Gasteiger partial charge in [0.25, 0.3) is 0 Å². The SMILES string of the molecule is Cc1cccc(-c2noc(CCC(=O)N[C@H]3CC(C)(C)Oc4ccccc43)n2)c1. The molecule has 0 unspecified atom stereocenters. The topological polar surface area (TPSA) is 77.2 Å². The van der Waals surface area contributed by atoms with Crippen LogP contribution in [0.2, 0.25) is 0 Å². The Morgan fingerprint density at radius 1 is 1.21 bits per heavy atom. The number of nitrogens with zero attached hydrogens (tertiary/aromatic N) is 2. The van der Waals surface area contributed by atoms with Gasteiger partial charge in [-0.05, 0) is 32.9 Å². The van der Waals surface area contributed by atoms with Crippen molar-refractivity contribution in [1.82, 2.24) is 15.5 Å². The molecular formula is C23H25N3O3. The Morgan fingerprint density at radius 2 is 2.03 bits per heavy atom. The molecule has 0 fully saturated rings. The molecule has 0 radical (unpaired) electrons. The number of aryl methyl sites for hydroxylation is 2. The maximum Gasteiger partial charge on any atom is 0.227 e. The summed E-state index contributed by atoms with van der Waals surface area (Å²) in [6.45, 7) is 6.09. The number of para-hydroxylation sites is 1. The zero-order chi connectivity index (χ0) is 20.4. The number of rotatable bonds is 5. The Kier molecular flexibility index (Phi) is 5.09. The highest BCUT2D eigenvalue weighted by Gasteiger charge is 2.34. The van der Waals surface area contributed by atoms with E-state index >= 15 is 0 Å². The molecule has 1 atom stereocenters. The number of carbonyl (C=O) groups excluding carboxylic acids is 1. The molecule has 0 spiro atoms. The van der Waals surface area contributed by atoms with Crippen LogP contribution in [0.3, 0.4) is 0 Å². The van der Waals surface area contributed by atoms with Gasteiger partial charge in [0.15, 0.2) is 0 Å². The van der Waals surface area contributed by atoms with Gasteiger partial charge in [0.2, 0.25) is 17.6 Å². The van der Waals surface area contributed by atoms with Gasteiger partial charge in [0.1, 0.15) is 11.4 Å². The number of fused-ring (bicyclic) bond motifs is 1. The zero-order valence-electron chi connectivity index (χ0n) is 16.9. The number of hydrogen-bond acceptors (Lipinski definition) is 5. The normalized spacial score (nSPS) is 17.3. The van der Waals surface area contributed by atoms with Gasteiger partial charge >= 0.3 is 0 Å². The van der Waals surface area contributed by atoms with Crippen molar-refractivity contribution in [2.45, 2.75) is 51.7 Å². The summed E-state index contributed by atoms with van der Waals surface area (Å²) in [4.78, 5) is 17.0. The van der Waals surface area contributed by atoms with E-state index in [9.17, 15) is 4.79 Å². The summed E-state index contributed by atoms with van der Waals surface area (Å²) in [5.41, 5.74) is 2.72. The van der Waals surface area contributed by atoms with E-state index in [0.29, 0.717) is 24.6 Å². The molecule has 0 saturated heterocycles. The van der Waals surface area contributed by atoms with Crippen LogP contribution in [0.25, 0.3) is 11.4 Å². The Labute approximate surface area is 170 Å². The standard InChI is InChI=1S/C23H25N3O3/c1-15-7-6-8-16(13-15)22-25-21(29-26-22)12-11-20(27)24-18-14-23(2,3)28-19-10-5-4-9-17(18)19/h4-10,13,18H,11-12,14H2,1-3H3,(H,24,27)/t18-/m0/s1. The molecule has 0 bridgehead atoms. The third-order valence-corrected chi connectivity index (χ3v) is 5.02. The highest BCUT2D eigenvalue weighted by molar-refractivity contribution is 5.76. The van der Waals surface area contributed by atoms with Crippen molar-refractivity contribution in [3.05, 3.63) is 65.5 Å². The highest BCUT2D eigenvalue weighted by Crippen LogP contribution is 2.39. The van der Waals surface area contributed by atoms with Gasteiger partial charge in [-0.1, -0.05) is 47.1 Å². The number of ether oxygens (including phenoxy) is 1. The molecule has 150 valence electrons. The van der Waals surface area contributed by atoms with E-state index in [-0.39, 0.29) is 24.0 Å². The fraction of sp³-hybridized carbons (Fsp3) is 0.348. The molecule has 0 aliphatic carbocycles. The minimum absolute atomic E-state index is 0.0437. The van der Waals surface area contributed by atoms with E-state index < -0.39 is 0 Å². The van der Waals surface area contributed by atoms with Crippen LogP contribution < -0.4 is 10.1 Å². The predicted molar refractivity (Wildman–Crippen MR) is 109 cm³/mol. The van der Waals surface area contributed by atoms with Gasteiger partial charge < -0.3 is 14.6 Å². The molecule has 0 saturated carbocycles. The second-order valence-corrected chi connectivity index (χ2v) is 8.11. The molecule has 6 nitrogen and oxygen atoms in total. The number of amides is 1. The Hall–Kier alpha value is -3.15. The van der Waals surface area contributed by atoms with Crippen molar-refractivity contribution in [2.24, 2.45) is 0 Å². The highest BCUT2D eigenvalue weighted by atomic mass is 16.5. The van der Waals surface area contributed by atoms with Gasteiger partial charge in [-0.3, -0.25) is 4.79 Å². The summed E-state index contributed by atoms with van der Waals surface area (Å²) in [6, 6.07) is 15.7.